The third-order valence-electron chi connectivity index (χ3n) is 2.71. The van der Waals surface area contributed by atoms with Gasteiger partial charge in [0.2, 0.25) is 0 Å². The second kappa shape index (κ2) is 4.64. The van der Waals surface area contributed by atoms with Gasteiger partial charge in [-0.15, -0.1) is 0 Å². The average molecular weight is 208 g/mol. The number of hydrogen-bond acceptors (Lipinski definition) is 3. The fourth-order valence-corrected chi connectivity index (χ4v) is 1.46. The Morgan fingerprint density at radius 2 is 2.00 bits per heavy atom. The molecular weight excluding hydrogens is 192 g/mol. The van der Waals surface area contributed by atoms with E-state index in [1.54, 1.807) is 0 Å². The first kappa shape index (κ1) is 10.5. The molecule has 0 amide bonds. The van der Waals surface area contributed by atoms with Crippen molar-refractivity contribution in [3.63, 3.8) is 0 Å². The average Bonchev–Trinajstić information content (AvgIpc) is 2.24. The molecule has 0 spiro atoms. The summed E-state index contributed by atoms with van der Waals surface area (Å²) in [6.07, 6.45) is 0.963. The van der Waals surface area contributed by atoms with E-state index in [-0.39, 0.29) is 5.60 Å². The minimum absolute atomic E-state index is 0.102. The summed E-state index contributed by atoms with van der Waals surface area (Å²) in [5.74, 6) is 0.837. The lowest BCUT2D eigenvalue weighted by molar-refractivity contribution is -0.233. The molecule has 0 saturated carbocycles. The molecule has 3 heteroatoms. The molecule has 82 valence electrons. The highest BCUT2D eigenvalue weighted by molar-refractivity contribution is 5.20. The van der Waals surface area contributed by atoms with Gasteiger partial charge in [0, 0.05) is 0 Å². The maximum absolute atomic E-state index is 5.67. The normalized spacial score (nSPS) is 18.2. The van der Waals surface area contributed by atoms with E-state index < -0.39 is 0 Å². The number of benzene rings is 1. The van der Waals surface area contributed by atoms with Crippen LogP contribution in [0, 0.1) is 0 Å². The summed E-state index contributed by atoms with van der Waals surface area (Å²) in [5.41, 5.74) is -0.102. The van der Waals surface area contributed by atoms with Gasteiger partial charge in [-0.2, -0.15) is 0 Å². The monoisotopic (exact) mass is 208 g/mol. The van der Waals surface area contributed by atoms with Gasteiger partial charge in [0.1, 0.15) is 11.4 Å². The molecule has 15 heavy (non-hydrogen) atoms. The van der Waals surface area contributed by atoms with Crippen molar-refractivity contribution in [3.05, 3.63) is 30.3 Å². The van der Waals surface area contributed by atoms with Gasteiger partial charge in [-0.25, -0.2) is 0 Å². The molecule has 1 aliphatic rings. The van der Waals surface area contributed by atoms with Crippen LogP contribution in [-0.4, -0.2) is 25.6 Å². The second-order valence-corrected chi connectivity index (χ2v) is 3.75. The van der Waals surface area contributed by atoms with E-state index in [1.165, 1.54) is 0 Å². The predicted octanol–water partition coefficient (Wildman–Crippen LogP) is 2.22. The highest BCUT2D eigenvalue weighted by atomic mass is 16.7. The predicted molar refractivity (Wildman–Crippen MR) is 56.9 cm³/mol. The van der Waals surface area contributed by atoms with Crippen molar-refractivity contribution in [1.82, 2.24) is 0 Å². The molecule has 1 fully saturated rings. The van der Waals surface area contributed by atoms with Crippen molar-refractivity contribution in [2.75, 3.05) is 20.0 Å². The number of ether oxygens (including phenoxy) is 3. The van der Waals surface area contributed by atoms with E-state index in [2.05, 4.69) is 6.92 Å². The van der Waals surface area contributed by atoms with Crippen LogP contribution < -0.4 is 4.74 Å². The van der Waals surface area contributed by atoms with Crippen LogP contribution in [0.2, 0.25) is 0 Å². The fraction of sp³-hybridized carbons (Fsp3) is 0.500. The van der Waals surface area contributed by atoms with E-state index in [1.807, 2.05) is 30.3 Å². The van der Waals surface area contributed by atoms with Gasteiger partial charge in [-0.3, -0.25) is 0 Å². The van der Waals surface area contributed by atoms with Crippen molar-refractivity contribution in [1.29, 1.82) is 0 Å². The van der Waals surface area contributed by atoms with Crippen LogP contribution in [0.4, 0.5) is 0 Å². The second-order valence-electron chi connectivity index (χ2n) is 3.75. The van der Waals surface area contributed by atoms with Crippen LogP contribution in [0.3, 0.4) is 0 Å². The van der Waals surface area contributed by atoms with Crippen molar-refractivity contribution in [2.24, 2.45) is 0 Å². The SMILES string of the molecule is CCC1(OCOc2ccccc2)COC1. The Kier molecular flexibility index (Phi) is 3.23. The van der Waals surface area contributed by atoms with E-state index >= 15 is 0 Å². The summed E-state index contributed by atoms with van der Waals surface area (Å²) in [4.78, 5) is 0. The minimum atomic E-state index is -0.102. The first-order valence-electron chi connectivity index (χ1n) is 5.24. The van der Waals surface area contributed by atoms with E-state index in [0.29, 0.717) is 20.0 Å². The summed E-state index contributed by atoms with van der Waals surface area (Å²) >= 11 is 0. The molecule has 1 saturated heterocycles. The van der Waals surface area contributed by atoms with Gasteiger partial charge in [0.25, 0.3) is 0 Å². The van der Waals surface area contributed by atoms with E-state index in [0.717, 1.165) is 12.2 Å². The van der Waals surface area contributed by atoms with Gasteiger partial charge < -0.3 is 14.2 Å². The molecule has 1 heterocycles. The Morgan fingerprint density at radius 1 is 1.27 bits per heavy atom. The van der Waals surface area contributed by atoms with Gasteiger partial charge in [-0.05, 0) is 18.6 Å². The zero-order valence-electron chi connectivity index (χ0n) is 8.94. The highest BCUT2D eigenvalue weighted by Crippen LogP contribution is 2.25. The highest BCUT2D eigenvalue weighted by Gasteiger charge is 2.38. The molecule has 1 aromatic rings. The Hall–Kier alpha value is -1.06. The molecular formula is C12H16O3. The smallest absolute Gasteiger partial charge is 0.189 e. The minimum Gasteiger partial charge on any atom is -0.468 e. The maximum Gasteiger partial charge on any atom is 0.189 e. The van der Waals surface area contributed by atoms with E-state index in [4.69, 9.17) is 14.2 Å². The molecule has 0 radical (unpaired) electrons. The molecule has 2 rings (SSSR count). The van der Waals surface area contributed by atoms with Crippen LogP contribution >= 0.6 is 0 Å². The summed E-state index contributed by atoms with van der Waals surface area (Å²) in [5, 5.41) is 0. The topological polar surface area (TPSA) is 27.7 Å². The molecule has 1 aromatic carbocycles. The molecule has 0 aromatic heterocycles. The Balaban J connectivity index is 1.75. The van der Waals surface area contributed by atoms with Crippen LogP contribution in [0.25, 0.3) is 0 Å². The van der Waals surface area contributed by atoms with Gasteiger partial charge >= 0.3 is 0 Å². The lowest BCUT2D eigenvalue weighted by Crippen LogP contribution is -2.51. The Labute approximate surface area is 90.0 Å². The van der Waals surface area contributed by atoms with Crippen LogP contribution in [0.15, 0.2) is 30.3 Å². The van der Waals surface area contributed by atoms with E-state index in [9.17, 15) is 0 Å². The third kappa shape index (κ3) is 2.49. The number of para-hydroxylation sites is 1. The molecule has 0 bridgehead atoms. The van der Waals surface area contributed by atoms with Crippen molar-refractivity contribution in [3.8, 4) is 5.75 Å². The zero-order valence-corrected chi connectivity index (χ0v) is 8.94. The third-order valence-corrected chi connectivity index (χ3v) is 2.71. The number of hydrogen-bond donors (Lipinski definition) is 0. The Bertz CT molecular complexity index is 287. The summed E-state index contributed by atoms with van der Waals surface area (Å²) < 4.78 is 16.3. The summed E-state index contributed by atoms with van der Waals surface area (Å²) in [6.45, 7) is 3.76. The summed E-state index contributed by atoms with van der Waals surface area (Å²) in [6, 6.07) is 9.67. The summed E-state index contributed by atoms with van der Waals surface area (Å²) in [7, 11) is 0. The largest absolute Gasteiger partial charge is 0.468 e. The first-order valence-corrected chi connectivity index (χ1v) is 5.24. The number of rotatable bonds is 5. The molecule has 1 aliphatic heterocycles. The standard InChI is InChI=1S/C12H16O3/c1-2-12(8-13-9-12)15-10-14-11-6-4-3-5-7-11/h3-7H,2,8-10H2,1H3. The quantitative estimate of drug-likeness (QED) is 0.694. The molecule has 0 aliphatic carbocycles. The van der Waals surface area contributed by atoms with Crippen LogP contribution in [0.1, 0.15) is 13.3 Å². The Morgan fingerprint density at radius 3 is 2.53 bits per heavy atom. The van der Waals surface area contributed by atoms with Crippen LogP contribution in [-0.2, 0) is 9.47 Å². The zero-order chi connectivity index (χ0) is 10.6. The van der Waals surface area contributed by atoms with Crippen molar-refractivity contribution < 1.29 is 14.2 Å². The molecule has 0 unspecified atom stereocenters. The van der Waals surface area contributed by atoms with Gasteiger partial charge in [0.05, 0.1) is 13.2 Å². The van der Waals surface area contributed by atoms with Gasteiger partial charge in [-0.1, -0.05) is 25.1 Å². The molecule has 0 atom stereocenters. The van der Waals surface area contributed by atoms with Crippen molar-refractivity contribution >= 4 is 0 Å². The van der Waals surface area contributed by atoms with Crippen LogP contribution in [0.5, 0.6) is 5.75 Å². The lowest BCUT2D eigenvalue weighted by Gasteiger charge is -2.40. The maximum atomic E-state index is 5.67. The lowest BCUT2D eigenvalue weighted by atomic mass is 9.99. The van der Waals surface area contributed by atoms with Crippen molar-refractivity contribution in [2.45, 2.75) is 18.9 Å². The molecule has 3 nitrogen and oxygen atoms in total. The first-order chi connectivity index (χ1) is 7.35. The van der Waals surface area contributed by atoms with Gasteiger partial charge in [0.15, 0.2) is 6.79 Å². The molecule has 0 N–H and O–H groups in total. The fourth-order valence-electron chi connectivity index (χ4n) is 1.46.